The molecule has 6 heteroatoms. The first-order valence-corrected chi connectivity index (χ1v) is 5.97. The molecule has 0 saturated heterocycles. The first-order valence-electron chi connectivity index (χ1n) is 5.97. The van der Waals surface area contributed by atoms with Crippen LogP contribution in [0.1, 0.15) is 27.3 Å². The molecule has 2 aromatic heterocycles. The molecule has 0 aromatic carbocycles. The van der Waals surface area contributed by atoms with E-state index in [1.54, 1.807) is 10.7 Å². The number of nitrogens with two attached hydrogens (primary N) is 1. The van der Waals surface area contributed by atoms with Crippen LogP contribution in [0.4, 0.5) is 5.69 Å². The summed E-state index contributed by atoms with van der Waals surface area (Å²) in [6, 6.07) is 1.68. The molecule has 0 bridgehead atoms. The van der Waals surface area contributed by atoms with Crippen molar-refractivity contribution in [3.63, 3.8) is 0 Å². The second kappa shape index (κ2) is 5.09. The fourth-order valence-electron chi connectivity index (χ4n) is 1.86. The van der Waals surface area contributed by atoms with E-state index >= 15 is 0 Å². The smallest absolute Gasteiger partial charge is 0.255 e. The first kappa shape index (κ1) is 13.1. The van der Waals surface area contributed by atoms with Crippen molar-refractivity contribution in [3.05, 3.63) is 41.0 Å². The van der Waals surface area contributed by atoms with Crippen LogP contribution in [0, 0.1) is 13.8 Å². The van der Waals surface area contributed by atoms with Gasteiger partial charge in [0.15, 0.2) is 0 Å². The van der Waals surface area contributed by atoms with E-state index in [9.17, 15) is 4.79 Å². The highest BCUT2D eigenvalue weighted by molar-refractivity contribution is 5.98. The predicted octanol–water partition coefficient (Wildman–Crippen LogP) is 0.944. The van der Waals surface area contributed by atoms with Gasteiger partial charge in [-0.05, 0) is 19.9 Å². The van der Waals surface area contributed by atoms with Gasteiger partial charge >= 0.3 is 0 Å². The van der Waals surface area contributed by atoms with Crippen molar-refractivity contribution in [2.75, 3.05) is 5.73 Å². The van der Waals surface area contributed by atoms with E-state index in [1.165, 1.54) is 6.20 Å². The quantitative estimate of drug-likeness (QED) is 0.859. The highest BCUT2D eigenvalue weighted by Gasteiger charge is 2.11. The summed E-state index contributed by atoms with van der Waals surface area (Å²) in [6.45, 7) is 4.16. The molecule has 2 rings (SSSR count). The maximum Gasteiger partial charge on any atom is 0.255 e. The normalized spacial score (nSPS) is 10.5. The Morgan fingerprint density at radius 3 is 2.79 bits per heavy atom. The van der Waals surface area contributed by atoms with Crippen LogP contribution in [0.15, 0.2) is 18.5 Å². The molecule has 6 nitrogen and oxygen atoms in total. The van der Waals surface area contributed by atoms with Gasteiger partial charge in [0.1, 0.15) is 0 Å². The van der Waals surface area contributed by atoms with Crippen LogP contribution in [0.2, 0.25) is 0 Å². The third-order valence-corrected chi connectivity index (χ3v) is 2.87. The van der Waals surface area contributed by atoms with Gasteiger partial charge in [0.2, 0.25) is 0 Å². The van der Waals surface area contributed by atoms with E-state index in [2.05, 4.69) is 15.4 Å². The Morgan fingerprint density at radius 1 is 1.47 bits per heavy atom. The lowest BCUT2D eigenvalue weighted by molar-refractivity contribution is 0.0951. The van der Waals surface area contributed by atoms with Crippen molar-refractivity contribution in [1.82, 2.24) is 20.1 Å². The molecule has 0 atom stereocenters. The summed E-state index contributed by atoms with van der Waals surface area (Å²) < 4.78 is 1.72. The molecule has 0 spiro atoms. The Labute approximate surface area is 111 Å². The zero-order valence-corrected chi connectivity index (χ0v) is 11.3. The summed E-state index contributed by atoms with van der Waals surface area (Å²) in [5, 5.41) is 7.04. The molecular formula is C13H17N5O. The lowest BCUT2D eigenvalue weighted by atomic mass is 10.2. The number of anilines is 1. The molecule has 100 valence electrons. The summed E-state index contributed by atoms with van der Waals surface area (Å²) in [5.41, 5.74) is 9.31. The molecule has 2 heterocycles. The third-order valence-electron chi connectivity index (χ3n) is 2.87. The van der Waals surface area contributed by atoms with Crippen LogP contribution in [0.3, 0.4) is 0 Å². The van der Waals surface area contributed by atoms with Gasteiger partial charge in [-0.2, -0.15) is 5.10 Å². The molecule has 0 fully saturated rings. The van der Waals surface area contributed by atoms with Crippen molar-refractivity contribution in [3.8, 4) is 0 Å². The predicted molar refractivity (Wildman–Crippen MR) is 72.5 cm³/mol. The number of nitrogens with one attached hydrogen (secondary N) is 1. The van der Waals surface area contributed by atoms with Gasteiger partial charge in [0, 0.05) is 42.9 Å². The van der Waals surface area contributed by atoms with E-state index in [-0.39, 0.29) is 5.91 Å². The number of amides is 1. The number of pyridine rings is 1. The molecule has 2 aromatic rings. The van der Waals surface area contributed by atoms with Crippen molar-refractivity contribution < 1.29 is 4.79 Å². The van der Waals surface area contributed by atoms with Crippen LogP contribution in [-0.4, -0.2) is 20.7 Å². The zero-order valence-electron chi connectivity index (χ0n) is 11.3. The highest BCUT2D eigenvalue weighted by atomic mass is 16.1. The topological polar surface area (TPSA) is 85.8 Å². The highest BCUT2D eigenvalue weighted by Crippen LogP contribution is 2.11. The molecule has 0 aliphatic rings. The number of nitrogen functional groups attached to an aromatic ring is 1. The molecule has 0 radical (unpaired) electrons. The average Bonchev–Trinajstić information content (AvgIpc) is 2.65. The third kappa shape index (κ3) is 2.90. The molecule has 0 aliphatic carbocycles. The lowest BCUT2D eigenvalue weighted by Gasteiger charge is -2.07. The molecule has 0 aliphatic heterocycles. The van der Waals surface area contributed by atoms with E-state index in [0.29, 0.717) is 17.8 Å². The van der Waals surface area contributed by atoms with E-state index in [1.807, 2.05) is 27.1 Å². The largest absolute Gasteiger partial charge is 0.398 e. The second-order valence-electron chi connectivity index (χ2n) is 4.51. The molecule has 19 heavy (non-hydrogen) atoms. The number of carbonyl (C=O) groups is 1. The molecule has 3 N–H and O–H groups in total. The van der Waals surface area contributed by atoms with Crippen molar-refractivity contribution in [1.29, 1.82) is 0 Å². The van der Waals surface area contributed by atoms with Crippen molar-refractivity contribution in [2.45, 2.75) is 20.4 Å². The van der Waals surface area contributed by atoms with Crippen molar-refractivity contribution in [2.24, 2.45) is 7.05 Å². The Hall–Kier alpha value is -2.37. The van der Waals surface area contributed by atoms with Crippen LogP contribution in [-0.2, 0) is 13.6 Å². The number of aromatic nitrogens is 3. The SMILES string of the molecule is Cc1cc(N)c(C(=O)NCc2cn(C)nc2C)cn1. The maximum absolute atomic E-state index is 12.0. The second-order valence-corrected chi connectivity index (χ2v) is 4.51. The Morgan fingerprint density at radius 2 is 2.21 bits per heavy atom. The lowest BCUT2D eigenvalue weighted by Crippen LogP contribution is -2.24. The standard InChI is InChI=1S/C13H17N5O/c1-8-4-12(14)11(6-15-8)13(19)16-5-10-7-18(3)17-9(10)2/h4,6-7H,5H2,1-3H3,(H2,14,15)(H,16,19). The van der Waals surface area contributed by atoms with Gasteiger partial charge in [0.25, 0.3) is 5.91 Å². The summed E-state index contributed by atoms with van der Waals surface area (Å²) >= 11 is 0. The summed E-state index contributed by atoms with van der Waals surface area (Å²) in [6.07, 6.45) is 3.38. The zero-order chi connectivity index (χ0) is 14.0. The minimum Gasteiger partial charge on any atom is -0.398 e. The molecular weight excluding hydrogens is 242 g/mol. The number of aryl methyl sites for hydroxylation is 3. The molecule has 1 amide bonds. The number of hydrogen-bond donors (Lipinski definition) is 2. The minimum absolute atomic E-state index is 0.228. The average molecular weight is 259 g/mol. The number of nitrogens with zero attached hydrogens (tertiary/aromatic N) is 3. The minimum atomic E-state index is -0.228. The molecule has 0 unspecified atom stereocenters. The summed E-state index contributed by atoms with van der Waals surface area (Å²) in [7, 11) is 1.85. The van der Waals surface area contributed by atoms with Gasteiger partial charge in [0.05, 0.1) is 11.3 Å². The van der Waals surface area contributed by atoms with Gasteiger partial charge in [-0.25, -0.2) is 0 Å². The number of rotatable bonds is 3. The van der Waals surface area contributed by atoms with Crippen molar-refractivity contribution >= 4 is 11.6 Å². The summed E-state index contributed by atoms with van der Waals surface area (Å²) in [4.78, 5) is 16.1. The van der Waals surface area contributed by atoms with Gasteiger partial charge in [-0.3, -0.25) is 14.5 Å². The Balaban J connectivity index is 2.07. The maximum atomic E-state index is 12.0. The van der Waals surface area contributed by atoms with Crippen LogP contribution < -0.4 is 11.1 Å². The van der Waals surface area contributed by atoms with E-state index in [0.717, 1.165) is 17.0 Å². The van der Waals surface area contributed by atoms with Crippen LogP contribution >= 0.6 is 0 Å². The monoisotopic (exact) mass is 259 g/mol. The Kier molecular flexibility index (Phi) is 3.50. The van der Waals surface area contributed by atoms with Crippen LogP contribution in [0.5, 0.6) is 0 Å². The van der Waals surface area contributed by atoms with Crippen LogP contribution in [0.25, 0.3) is 0 Å². The van der Waals surface area contributed by atoms with Gasteiger partial charge in [-0.15, -0.1) is 0 Å². The van der Waals surface area contributed by atoms with Gasteiger partial charge in [-0.1, -0.05) is 0 Å². The first-order chi connectivity index (χ1) is 8.97. The fourth-order valence-corrected chi connectivity index (χ4v) is 1.86. The number of carbonyl (C=O) groups excluding carboxylic acids is 1. The summed E-state index contributed by atoms with van der Waals surface area (Å²) in [5.74, 6) is -0.228. The van der Waals surface area contributed by atoms with E-state index < -0.39 is 0 Å². The molecule has 0 saturated carbocycles. The van der Waals surface area contributed by atoms with Gasteiger partial charge < -0.3 is 11.1 Å². The number of hydrogen-bond acceptors (Lipinski definition) is 4. The fraction of sp³-hybridized carbons (Fsp3) is 0.308. The van der Waals surface area contributed by atoms with E-state index in [4.69, 9.17) is 5.73 Å². The Bertz CT molecular complexity index is 617.